The summed E-state index contributed by atoms with van der Waals surface area (Å²) < 4.78 is 33.5. The smallest absolute Gasteiger partial charge is 0.243 e. The summed E-state index contributed by atoms with van der Waals surface area (Å²) in [6.07, 6.45) is 1.39. The van der Waals surface area contributed by atoms with Gasteiger partial charge in [-0.05, 0) is 69.0 Å². The molecule has 2 aromatic rings. The zero-order valence-corrected chi connectivity index (χ0v) is 16.0. The highest BCUT2D eigenvalue weighted by Gasteiger charge is 2.36. The highest BCUT2D eigenvalue weighted by atomic mass is 32.2. The third-order valence-corrected chi connectivity index (χ3v) is 7.05. The van der Waals surface area contributed by atoms with E-state index in [0.717, 1.165) is 11.3 Å². The molecule has 0 aromatic heterocycles. The first kappa shape index (κ1) is 18.0. The topological polar surface area (TPSA) is 46.6 Å². The summed E-state index contributed by atoms with van der Waals surface area (Å²) in [5.74, 6) is 0.813. The van der Waals surface area contributed by atoms with Gasteiger partial charge in [0.2, 0.25) is 10.0 Å². The second-order valence-corrected chi connectivity index (χ2v) is 8.73. The van der Waals surface area contributed by atoms with Gasteiger partial charge in [0.15, 0.2) is 0 Å². The summed E-state index contributed by atoms with van der Waals surface area (Å²) >= 11 is 0. The molecule has 1 heterocycles. The van der Waals surface area contributed by atoms with Gasteiger partial charge in [0.1, 0.15) is 5.75 Å². The highest BCUT2D eigenvalue weighted by Crippen LogP contribution is 2.31. The molecule has 0 radical (unpaired) electrons. The summed E-state index contributed by atoms with van der Waals surface area (Å²) in [5.41, 5.74) is 3.41. The van der Waals surface area contributed by atoms with Crippen molar-refractivity contribution in [2.75, 3.05) is 7.11 Å². The lowest BCUT2D eigenvalue weighted by atomic mass is 9.99. The largest absolute Gasteiger partial charge is 0.497 e. The molecule has 3 rings (SSSR count). The Balaban J connectivity index is 1.99. The van der Waals surface area contributed by atoms with Gasteiger partial charge in [0.25, 0.3) is 0 Å². The number of nitrogens with zero attached hydrogens (tertiary/aromatic N) is 1. The first-order valence-corrected chi connectivity index (χ1v) is 10.0. The summed E-state index contributed by atoms with van der Waals surface area (Å²) in [6, 6.07) is 12.9. The molecule has 0 fully saturated rings. The molecule has 134 valence electrons. The Morgan fingerprint density at radius 1 is 0.960 bits per heavy atom. The standard InChI is InChI=1S/C20H25NO3S/c1-14-5-9-20(10-6-14)25(22,23)21-15(2)11-17-7-8-19(24-4)13-18(17)12-16(21)3/h5-10,13,15-16H,11-12H2,1-4H3. The zero-order chi connectivity index (χ0) is 18.2. The second-order valence-electron chi connectivity index (χ2n) is 6.89. The average Bonchev–Trinajstić information content (AvgIpc) is 2.69. The molecule has 2 atom stereocenters. The van der Waals surface area contributed by atoms with Crippen LogP contribution in [0.1, 0.15) is 30.5 Å². The molecule has 25 heavy (non-hydrogen) atoms. The van der Waals surface area contributed by atoms with Crippen molar-refractivity contribution in [1.29, 1.82) is 0 Å². The van der Waals surface area contributed by atoms with Crippen molar-refractivity contribution in [1.82, 2.24) is 4.31 Å². The van der Waals surface area contributed by atoms with Crippen LogP contribution in [0.15, 0.2) is 47.4 Å². The van der Waals surface area contributed by atoms with E-state index in [0.29, 0.717) is 17.7 Å². The third kappa shape index (κ3) is 3.44. The van der Waals surface area contributed by atoms with Crippen LogP contribution in [-0.2, 0) is 22.9 Å². The lowest BCUT2D eigenvalue weighted by Crippen LogP contribution is -2.45. The molecule has 0 saturated carbocycles. The van der Waals surface area contributed by atoms with Gasteiger partial charge < -0.3 is 4.74 Å². The minimum atomic E-state index is -3.53. The predicted molar refractivity (Wildman–Crippen MR) is 99.5 cm³/mol. The number of hydrogen-bond donors (Lipinski definition) is 0. The highest BCUT2D eigenvalue weighted by molar-refractivity contribution is 7.89. The Kier molecular flexibility index (Phi) is 4.89. The number of ether oxygens (including phenoxy) is 1. The number of sulfonamides is 1. The maximum absolute atomic E-state index is 13.2. The molecule has 1 aliphatic rings. The van der Waals surface area contributed by atoms with Gasteiger partial charge in [-0.15, -0.1) is 0 Å². The van der Waals surface area contributed by atoms with Crippen molar-refractivity contribution in [3.63, 3.8) is 0 Å². The van der Waals surface area contributed by atoms with Gasteiger partial charge in [0, 0.05) is 12.1 Å². The van der Waals surface area contributed by atoms with E-state index < -0.39 is 10.0 Å². The van der Waals surface area contributed by atoms with Crippen molar-refractivity contribution < 1.29 is 13.2 Å². The van der Waals surface area contributed by atoms with Crippen LogP contribution >= 0.6 is 0 Å². The number of fused-ring (bicyclic) bond motifs is 1. The van der Waals surface area contributed by atoms with E-state index in [2.05, 4.69) is 6.07 Å². The Morgan fingerprint density at radius 2 is 1.56 bits per heavy atom. The number of hydrogen-bond acceptors (Lipinski definition) is 3. The van der Waals surface area contributed by atoms with Gasteiger partial charge in [-0.1, -0.05) is 23.8 Å². The van der Waals surface area contributed by atoms with E-state index in [1.165, 1.54) is 11.1 Å². The summed E-state index contributed by atoms with van der Waals surface area (Å²) in [5, 5.41) is 0. The third-order valence-electron chi connectivity index (χ3n) is 4.91. The van der Waals surface area contributed by atoms with Crippen LogP contribution in [0.5, 0.6) is 5.75 Å². The SMILES string of the molecule is COc1ccc2c(c1)CC(C)N(S(=O)(=O)c1ccc(C)cc1)C(C)C2. The molecule has 5 heteroatoms. The monoisotopic (exact) mass is 359 g/mol. The maximum Gasteiger partial charge on any atom is 0.243 e. The zero-order valence-electron chi connectivity index (χ0n) is 15.2. The van der Waals surface area contributed by atoms with Crippen molar-refractivity contribution in [3.05, 3.63) is 59.2 Å². The van der Waals surface area contributed by atoms with Crippen molar-refractivity contribution in [3.8, 4) is 5.75 Å². The first-order chi connectivity index (χ1) is 11.8. The summed E-state index contributed by atoms with van der Waals surface area (Å²) in [7, 11) is -1.88. The fourth-order valence-electron chi connectivity index (χ4n) is 3.68. The van der Waals surface area contributed by atoms with Gasteiger partial charge in [-0.2, -0.15) is 4.31 Å². The summed E-state index contributed by atoms with van der Waals surface area (Å²) in [4.78, 5) is 0.361. The maximum atomic E-state index is 13.2. The molecular formula is C20H25NO3S. The molecule has 0 N–H and O–H groups in total. The lowest BCUT2D eigenvalue weighted by molar-refractivity contribution is 0.280. The minimum absolute atomic E-state index is 0.101. The van der Waals surface area contributed by atoms with Crippen LogP contribution in [0, 0.1) is 6.92 Å². The van der Waals surface area contributed by atoms with E-state index in [4.69, 9.17) is 4.74 Å². The fourth-order valence-corrected chi connectivity index (χ4v) is 5.50. The first-order valence-electron chi connectivity index (χ1n) is 8.59. The van der Waals surface area contributed by atoms with Crippen LogP contribution in [-0.4, -0.2) is 31.9 Å². The van der Waals surface area contributed by atoms with Crippen LogP contribution in [0.25, 0.3) is 0 Å². The van der Waals surface area contributed by atoms with Gasteiger partial charge in [-0.25, -0.2) is 8.42 Å². The molecule has 0 bridgehead atoms. The molecule has 2 unspecified atom stereocenters. The molecule has 0 spiro atoms. The van der Waals surface area contributed by atoms with Crippen LogP contribution in [0.4, 0.5) is 0 Å². The molecule has 0 aliphatic carbocycles. The van der Waals surface area contributed by atoms with E-state index >= 15 is 0 Å². The van der Waals surface area contributed by atoms with Crippen molar-refractivity contribution in [2.24, 2.45) is 0 Å². The molecule has 0 saturated heterocycles. The molecular weight excluding hydrogens is 334 g/mol. The molecule has 2 aromatic carbocycles. The number of aryl methyl sites for hydroxylation is 1. The number of methoxy groups -OCH3 is 1. The van der Waals surface area contributed by atoms with Crippen molar-refractivity contribution >= 4 is 10.0 Å². The molecule has 0 amide bonds. The van der Waals surface area contributed by atoms with E-state index in [1.54, 1.807) is 23.5 Å². The van der Waals surface area contributed by atoms with Gasteiger partial charge >= 0.3 is 0 Å². The Hall–Kier alpha value is -1.85. The van der Waals surface area contributed by atoms with E-state index in [1.807, 2.05) is 45.0 Å². The Bertz CT molecular complexity index is 859. The van der Waals surface area contributed by atoms with E-state index in [9.17, 15) is 8.42 Å². The lowest BCUT2D eigenvalue weighted by Gasteiger charge is -2.31. The second kappa shape index (κ2) is 6.81. The van der Waals surface area contributed by atoms with Gasteiger partial charge in [0.05, 0.1) is 12.0 Å². The van der Waals surface area contributed by atoms with Gasteiger partial charge in [-0.3, -0.25) is 0 Å². The summed E-state index contributed by atoms with van der Waals surface area (Å²) in [6.45, 7) is 5.93. The van der Waals surface area contributed by atoms with Crippen molar-refractivity contribution in [2.45, 2.75) is 50.6 Å². The number of benzene rings is 2. The normalized spacial score (nSPS) is 21.4. The number of rotatable bonds is 3. The Morgan fingerprint density at radius 3 is 2.16 bits per heavy atom. The quantitative estimate of drug-likeness (QED) is 0.842. The fraction of sp³-hybridized carbons (Fsp3) is 0.400. The van der Waals surface area contributed by atoms with Crippen LogP contribution < -0.4 is 4.74 Å². The van der Waals surface area contributed by atoms with Crippen LogP contribution in [0.3, 0.4) is 0 Å². The molecule has 4 nitrogen and oxygen atoms in total. The predicted octanol–water partition coefficient (Wildman–Crippen LogP) is 3.57. The molecule has 1 aliphatic heterocycles. The minimum Gasteiger partial charge on any atom is -0.497 e. The Labute approximate surface area is 150 Å². The van der Waals surface area contributed by atoms with Crippen LogP contribution in [0.2, 0.25) is 0 Å². The average molecular weight is 359 g/mol. The van der Waals surface area contributed by atoms with E-state index in [-0.39, 0.29) is 12.1 Å².